The van der Waals surface area contributed by atoms with Crippen molar-refractivity contribution in [3.8, 4) is 0 Å². The Morgan fingerprint density at radius 1 is 0.900 bits per heavy atom. The summed E-state index contributed by atoms with van der Waals surface area (Å²) in [6.07, 6.45) is 1.73. The normalized spacial score (nSPS) is 17.4. The molecule has 0 radical (unpaired) electrons. The number of rotatable bonds is 1. The Hall–Kier alpha value is -2.75. The maximum atomic E-state index is 12.2. The number of aromatic amines is 1. The molecule has 2 aromatic carbocycles. The highest BCUT2D eigenvalue weighted by atomic mass is 16.2. The van der Waals surface area contributed by atoms with Crippen LogP contribution in [0, 0.1) is 0 Å². The van der Waals surface area contributed by atoms with Crippen LogP contribution in [0.4, 0.5) is 5.69 Å². The van der Waals surface area contributed by atoms with E-state index in [1.54, 1.807) is 0 Å². The average molecular weight is 263 g/mol. The molecule has 2 heterocycles. The monoisotopic (exact) mass is 263 g/mol. The molecule has 1 atom stereocenters. The molecule has 0 spiro atoms. The van der Waals surface area contributed by atoms with E-state index in [9.17, 15) is 4.79 Å². The van der Waals surface area contributed by atoms with Crippen molar-refractivity contribution in [1.82, 2.24) is 10.3 Å². The molecule has 0 bridgehead atoms. The Kier molecular flexibility index (Phi) is 2.29. The third kappa shape index (κ3) is 1.58. The van der Waals surface area contributed by atoms with Gasteiger partial charge in [0.2, 0.25) is 0 Å². The van der Waals surface area contributed by atoms with Gasteiger partial charge >= 0.3 is 0 Å². The SMILES string of the molecule is O=C1N[C@@H](c2c[nH]c3ccccc23)Nc2ccccc21. The highest BCUT2D eigenvalue weighted by Gasteiger charge is 2.25. The molecule has 4 rings (SSSR count). The van der Waals surface area contributed by atoms with Gasteiger partial charge in [-0.2, -0.15) is 0 Å². The lowest BCUT2D eigenvalue weighted by molar-refractivity contribution is 0.0936. The number of carbonyl (C=O) groups is 1. The molecule has 1 aromatic heterocycles. The lowest BCUT2D eigenvalue weighted by Crippen LogP contribution is -2.38. The fraction of sp³-hybridized carbons (Fsp3) is 0.0625. The lowest BCUT2D eigenvalue weighted by atomic mass is 10.1. The Morgan fingerprint density at radius 3 is 2.65 bits per heavy atom. The van der Waals surface area contributed by atoms with E-state index in [2.05, 4.69) is 21.7 Å². The molecule has 0 fully saturated rings. The van der Waals surface area contributed by atoms with Gasteiger partial charge in [-0.15, -0.1) is 0 Å². The first-order chi connectivity index (χ1) is 9.83. The van der Waals surface area contributed by atoms with Crippen molar-refractivity contribution in [3.05, 3.63) is 65.9 Å². The van der Waals surface area contributed by atoms with Crippen LogP contribution in [0.5, 0.6) is 0 Å². The molecule has 4 heteroatoms. The van der Waals surface area contributed by atoms with Crippen LogP contribution in [0.3, 0.4) is 0 Å². The Bertz CT molecular complexity index is 806. The molecule has 1 aliphatic heterocycles. The Morgan fingerprint density at radius 2 is 1.70 bits per heavy atom. The van der Waals surface area contributed by atoms with Crippen molar-refractivity contribution in [2.24, 2.45) is 0 Å². The van der Waals surface area contributed by atoms with Gasteiger partial charge in [-0.05, 0) is 18.2 Å². The van der Waals surface area contributed by atoms with Crippen LogP contribution in [0.15, 0.2) is 54.7 Å². The minimum absolute atomic E-state index is 0.0466. The standard InChI is InChI=1S/C16H13N3O/c20-16-11-6-2-4-8-14(11)18-15(19-16)12-9-17-13-7-3-1-5-10(12)13/h1-9,15,17-18H,(H,19,20)/t15-/m0/s1. The summed E-state index contributed by atoms with van der Waals surface area (Å²) in [4.78, 5) is 15.4. The summed E-state index contributed by atoms with van der Waals surface area (Å²) in [6, 6.07) is 15.6. The van der Waals surface area contributed by atoms with Crippen LogP contribution in [0.25, 0.3) is 10.9 Å². The largest absolute Gasteiger partial charge is 0.361 e. The number of H-pyrrole nitrogens is 1. The third-order valence-corrected chi connectivity index (χ3v) is 3.68. The second-order valence-corrected chi connectivity index (χ2v) is 4.89. The number of nitrogens with one attached hydrogen (secondary N) is 3. The molecular weight excluding hydrogens is 250 g/mol. The maximum absolute atomic E-state index is 12.2. The van der Waals surface area contributed by atoms with Gasteiger partial charge < -0.3 is 15.6 Å². The van der Waals surface area contributed by atoms with Crippen LogP contribution in [-0.2, 0) is 0 Å². The molecule has 4 nitrogen and oxygen atoms in total. The summed E-state index contributed by atoms with van der Waals surface area (Å²) in [7, 11) is 0. The molecular formula is C16H13N3O. The van der Waals surface area contributed by atoms with Crippen molar-refractivity contribution in [3.63, 3.8) is 0 Å². The van der Waals surface area contributed by atoms with Gasteiger partial charge in [-0.3, -0.25) is 4.79 Å². The lowest BCUT2D eigenvalue weighted by Gasteiger charge is -2.27. The molecule has 20 heavy (non-hydrogen) atoms. The summed E-state index contributed by atoms with van der Waals surface area (Å²) in [6.45, 7) is 0. The zero-order chi connectivity index (χ0) is 13.5. The van der Waals surface area contributed by atoms with Crippen LogP contribution >= 0.6 is 0 Å². The number of hydrogen-bond donors (Lipinski definition) is 3. The number of anilines is 1. The fourth-order valence-corrected chi connectivity index (χ4v) is 2.70. The van der Waals surface area contributed by atoms with E-state index >= 15 is 0 Å². The number of hydrogen-bond acceptors (Lipinski definition) is 2. The topological polar surface area (TPSA) is 56.9 Å². The zero-order valence-corrected chi connectivity index (χ0v) is 10.7. The molecule has 98 valence electrons. The number of para-hydroxylation sites is 2. The van der Waals surface area contributed by atoms with Crippen LogP contribution < -0.4 is 10.6 Å². The van der Waals surface area contributed by atoms with Crippen LogP contribution in [0.2, 0.25) is 0 Å². The predicted octanol–water partition coefficient (Wildman–Crippen LogP) is 3.02. The first-order valence-corrected chi connectivity index (χ1v) is 6.55. The van der Waals surface area contributed by atoms with Gasteiger partial charge in [0.15, 0.2) is 0 Å². The van der Waals surface area contributed by atoms with Gasteiger partial charge in [0, 0.05) is 28.4 Å². The number of benzene rings is 2. The highest BCUT2D eigenvalue weighted by molar-refractivity contribution is 6.02. The number of carbonyl (C=O) groups excluding carboxylic acids is 1. The Balaban J connectivity index is 1.80. The summed E-state index contributed by atoms with van der Waals surface area (Å²) < 4.78 is 0. The minimum Gasteiger partial charge on any atom is -0.361 e. The predicted molar refractivity (Wildman–Crippen MR) is 78.6 cm³/mol. The quantitative estimate of drug-likeness (QED) is 0.632. The smallest absolute Gasteiger partial charge is 0.255 e. The molecule has 3 N–H and O–H groups in total. The number of fused-ring (bicyclic) bond motifs is 2. The summed E-state index contributed by atoms with van der Waals surface area (Å²) in [5.74, 6) is -0.0466. The maximum Gasteiger partial charge on any atom is 0.255 e. The van der Waals surface area contributed by atoms with E-state index in [4.69, 9.17) is 0 Å². The van der Waals surface area contributed by atoms with E-state index < -0.39 is 0 Å². The van der Waals surface area contributed by atoms with Gasteiger partial charge in [0.1, 0.15) is 6.17 Å². The summed E-state index contributed by atoms with van der Waals surface area (Å²) in [5.41, 5.74) is 3.66. The van der Waals surface area contributed by atoms with Gasteiger partial charge in [0.25, 0.3) is 5.91 Å². The van der Waals surface area contributed by atoms with Gasteiger partial charge in [-0.1, -0.05) is 30.3 Å². The first kappa shape index (κ1) is 11.1. The second kappa shape index (κ2) is 4.13. The van der Waals surface area contributed by atoms with E-state index in [0.29, 0.717) is 5.56 Å². The molecule has 0 unspecified atom stereocenters. The summed E-state index contributed by atoms with van der Waals surface area (Å²) in [5, 5.41) is 7.48. The molecule has 0 saturated heterocycles. The molecule has 0 aliphatic carbocycles. The van der Waals surface area contributed by atoms with Crippen molar-refractivity contribution >= 4 is 22.5 Å². The number of amides is 1. The molecule has 3 aromatic rings. The van der Waals surface area contributed by atoms with Crippen molar-refractivity contribution in [1.29, 1.82) is 0 Å². The average Bonchev–Trinajstić information content (AvgIpc) is 2.91. The van der Waals surface area contributed by atoms with Crippen LogP contribution in [-0.4, -0.2) is 10.9 Å². The molecule has 1 amide bonds. The molecule has 1 aliphatic rings. The highest BCUT2D eigenvalue weighted by Crippen LogP contribution is 2.30. The van der Waals surface area contributed by atoms with E-state index in [0.717, 1.165) is 22.2 Å². The minimum atomic E-state index is -0.214. The zero-order valence-electron chi connectivity index (χ0n) is 10.7. The summed E-state index contributed by atoms with van der Waals surface area (Å²) >= 11 is 0. The van der Waals surface area contributed by atoms with Gasteiger partial charge in [-0.25, -0.2) is 0 Å². The van der Waals surface area contributed by atoms with Crippen molar-refractivity contribution in [2.75, 3.05) is 5.32 Å². The number of aromatic nitrogens is 1. The van der Waals surface area contributed by atoms with Gasteiger partial charge in [0.05, 0.1) is 5.56 Å². The fourth-order valence-electron chi connectivity index (χ4n) is 2.70. The first-order valence-electron chi connectivity index (χ1n) is 6.55. The van der Waals surface area contributed by atoms with Crippen molar-refractivity contribution in [2.45, 2.75) is 6.17 Å². The van der Waals surface area contributed by atoms with E-state index in [1.807, 2.05) is 48.7 Å². The second-order valence-electron chi connectivity index (χ2n) is 4.89. The van der Waals surface area contributed by atoms with E-state index in [1.165, 1.54) is 0 Å². The van der Waals surface area contributed by atoms with E-state index in [-0.39, 0.29) is 12.1 Å². The molecule has 0 saturated carbocycles. The Labute approximate surface area is 115 Å². The van der Waals surface area contributed by atoms with Crippen LogP contribution in [0.1, 0.15) is 22.1 Å². The van der Waals surface area contributed by atoms with Crippen molar-refractivity contribution < 1.29 is 4.79 Å². The third-order valence-electron chi connectivity index (χ3n) is 3.68.